The molecule has 1 atom stereocenters. The second-order valence-corrected chi connectivity index (χ2v) is 12.0. The van der Waals surface area contributed by atoms with E-state index in [0.29, 0.717) is 0 Å². The summed E-state index contributed by atoms with van der Waals surface area (Å²) in [4.78, 5) is 0. The molecule has 7 rings (SSSR count). The van der Waals surface area contributed by atoms with Crippen molar-refractivity contribution in [3.8, 4) is 0 Å². The minimum Gasteiger partial charge on any atom is -0.199 e. The van der Waals surface area contributed by atoms with Gasteiger partial charge in [0.2, 0.25) is 0 Å². The van der Waals surface area contributed by atoms with Gasteiger partial charge in [-0.2, -0.15) is 16.4 Å². The molecular formula is C44H36B-. The maximum atomic E-state index is 2.35. The van der Waals surface area contributed by atoms with Crippen molar-refractivity contribution in [2.75, 3.05) is 0 Å². The van der Waals surface area contributed by atoms with E-state index >= 15 is 0 Å². The average Bonchev–Trinajstić information content (AvgIpc) is 3.14. The molecule has 0 aliphatic carbocycles. The monoisotopic (exact) mass is 575 g/mol. The summed E-state index contributed by atoms with van der Waals surface area (Å²) in [5.41, 5.74) is 8.47. The SMILES string of the molecule is c1ccc(C([B-](c2ccccc2)(c2ccccc2)c2ccccc2)C(c2ccccc2)(c2ccccc2)c2ccccc2)cc1. The highest BCUT2D eigenvalue weighted by Crippen LogP contribution is 2.53. The van der Waals surface area contributed by atoms with E-state index in [9.17, 15) is 0 Å². The van der Waals surface area contributed by atoms with E-state index in [1.54, 1.807) is 0 Å². The van der Waals surface area contributed by atoms with Gasteiger partial charge >= 0.3 is 0 Å². The Morgan fingerprint density at radius 3 is 0.822 bits per heavy atom. The highest BCUT2D eigenvalue weighted by molar-refractivity contribution is 7.12. The molecule has 0 aliphatic rings. The Morgan fingerprint density at radius 2 is 0.533 bits per heavy atom. The largest absolute Gasteiger partial charge is 0.199 e. The quantitative estimate of drug-likeness (QED) is 0.120. The van der Waals surface area contributed by atoms with Crippen molar-refractivity contribution in [2.45, 2.75) is 11.2 Å². The third kappa shape index (κ3) is 4.91. The highest BCUT2D eigenvalue weighted by Gasteiger charge is 2.51. The zero-order chi connectivity index (χ0) is 30.4. The fourth-order valence-corrected chi connectivity index (χ4v) is 8.14. The second kappa shape index (κ2) is 12.7. The molecule has 0 aliphatic heterocycles. The van der Waals surface area contributed by atoms with Gasteiger partial charge in [-0.1, -0.05) is 218 Å². The molecule has 0 nitrogen and oxygen atoms in total. The molecule has 7 aromatic rings. The van der Waals surface area contributed by atoms with Crippen LogP contribution in [-0.4, -0.2) is 6.15 Å². The van der Waals surface area contributed by atoms with Gasteiger partial charge in [0.1, 0.15) is 0 Å². The number of rotatable bonds is 9. The van der Waals surface area contributed by atoms with Crippen LogP contribution in [0.2, 0.25) is 0 Å². The van der Waals surface area contributed by atoms with Crippen molar-refractivity contribution in [3.63, 3.8) is 0 Å². The molecule has 0 fully saturated rings. The van der Waals surface area contributed by atoms with E-state index in [2.05, 4.69) is 212 Å². The van der Waals surface area contributed by atoms with Gasteiger partial charge in [0.05, 0.1) is 6.15 Å². The smallest absolute Gasteiger partial charge is 0.0905 e. The Morgan fingerprint density at radius 1 is 0.289 bits per heavy atom. The van der Waals surface area contributed by atoms with E-state index in [-0.39, 0.29) is 5.82 Å². The summed E-state index contributed by atoms with van der Waals surface area (Å²) in [5.74, 6) is -0.0573. The van der Waals surface area contributed by atoms with Crippen molar-refractivity contribution in [1.29, 1.82) is 0 Å². The molecule has 0 saturated heterocycles. The van der Waals surface area contributed by atoms with Crippen LogP contribution in [0.3, 0.4) is 0 Å². The Bertz CT molecular complexity index is 1590. The van der Waals surface area contributed by atoms with Gasteiger partial charge < -0.3 is 0 Å². The van der Waals surface area contributed by atoms with Crippen LogP contribution in [0.25, 0.3) is 0 Å². The summed E-state index contributed by atoms with van der Waals surface area (Å²) >= 11 is 0. The third-order valence-electron chi connectivity index (χ3n) is 9.79. The molecule has 7 aromatic carbocycles. The Hall–Kier alpha value is -5.40. The van der Waals surface area contributed by atoms with E-state index < -0.39 is 11.6 Å². The van der Waals surface area contributed by atoms with Crippen LogP contribution in [0.4, 0.5) is 0 Å². The molecule has 0 saturated carbocycles. The van der Waals surface area contributed by atoms with Gasteiger partial charge in [-0.3, -0.25) is 0 Å². The maximum absolute atomic E-state index is 2.35. The van der Waals surface area contributed by atoms with Crippen molar-refractivity contribution in [1.82, 2.24) is 0 Å². The van der Waals surface area contributed by atoms with Crippen molar-refractivity contribution in [3.05, 3.63) is 235 Å². The lowest BCUT2D eigenvalue weighted by atomic mass is 9.07. The zero-order valence-corrected chi connectivity index (χ0v) is 25.4. The van der Waals surface area contributed by atoms with Gasteiger partial charge in [-0.25, -0.2) is 0 Å². The van der Waals surface area contributed by atoms with Crippen molar-refractivity contribution in [2.24, 2.45) is 0 Å². The molecule has 0 N–H and O–H groups in total. The molecule has 0 amide bonds. The first-order valence-electron chi connectivity index (χ1n) is 15.9. The Labute approximate surface area is 267 Å². The first-order valence-corrected chi connectivity index (χ1v) is 15.9. The van der Waals surface area contributed by atoms with Crippen LogP contribution in [0.1, 0.15) is 28.1 Å². The molecule has 0 aromatic heterocycles. The Balaban J connectivity index is 1.77. The van der Waals surface area contributed by atoms with Crippen molar-refractivity contribution < 1.29 is 0 Å². The summed E-state index contributed by atoms with van der Waals surface area (Å²) < 4.78 is 0. The predicted octanol–water partition coefficient (Wildman–Crippen LogP) is 8.51. The van der Waals surface area contributed by atoms with Gasteiger partial charge in [-0.05, 0) is 16.7 Å². The predicted molar refractivity (Wildman–Crippen MR) is 192 cm³/mol. The van der Waals surface area contributed by atoms with Crippen LogP contribution in [0.15, 0.2) is 212 Å². The van der Waals surface area contributed by atoms with Crippen LogP contribution in [0.5, 0.6) is 0 Å². The normalized spacial score (nSPS) is 12.4. The lowest BCUT2D eigenvalue weighted by Gasteiger charge is -2.59. The summed E-state index contributed by atoms with van der Waals surface area (Å²) in [6.07, 6.45) is -1.67. The van der Waals surface area contributed by atoms with Crippen LogP contribution < -0.4 is 16.4 Å². The van der Waals surface area contributed by atoms with Crippen molar-refractivity contribution >= 4 is 22.5 Å². The van der Waals surface area contributed by atoms with Gasteiger partial charge in [-0.15, -0.1) is 5.82 Å². The minimum atomic E-state index is -1.67. The van der Waals surface area contributed by atoms with E-state index in [1.807, 2.05) is 0 Å². The summed E-state index contributed by atoms with van der Waals surface area (Å²) in [5, 5.41) is 0. The molecule has 1 unspecified atom stereocenters. The van der Waals surface area contributed by atoms with Gasteiger partial charge in [0.25, 0.3) is 0 Å². The lowest BCUT2D eigenvalue weighted by molar-refractivity contribution is 0.580. The molecule has 45 heavy (non-hydrogen) atoms. The summed E-state index contributed by atoms with van der Waals surface area (Å²) in [6, 6.07) is 78.5. The minimum absolute atomic E-state index is 0.0573. The third-order valence-corrected chi connectivity index (χ3v) is 9.79. The van der Waals surface area contributed by atoms with Gasteiger partial charge in [0, 0.05) is 5.41 Å². The molecular weight excluding hydrogens is 539 g/mol. The summed E-state index contributed by atoms with van der Waals surface area (Å²) in [6.45, 7) is 0. The van der Waals surface area contributed by atoms with Crippen LogP contribution in [-0.2, 0) is 5.41 Å². The molecule has 216 valence electrons. The first kappa shape index (κ1) is 28.4. The van der Waals surface area contributed by atoms with E-state index in [0.717, 1.165) is 0 Å². The number of hydrogen-bond acceptors (Lipinski definition) is 0. The fraction of sp³-hybridized carbons (Fsp3) is 0.0455. The van der Waals surface area contributed by atoms with Gasteiger partial charge in [0.15, 0.2) is 0 Å². The number of benzene rings is 7. The lowest BCUT2D eigenvalue weighted by Crippen LogP contribution is -2.74. The van der Waals surface area contributed by atoms with E-state index in [4.69, 9.17) is 0 Å². The molecule has 0 heterocycles. The Kier molecular flexibility index (Phi) is 8.00. The van der Waals surface area contributed by atoms with E-state index in [1.165, 1.54) is 38.6 Å². The molecule has 0 spiro atoms. The molecule has 1 heteroatoms. The molecule has 0 bridgehead atoms. The maximum Gasteiger partial charge on any atom is 0.0905 e. The average molecular weight is 576 g/mol. The molecule has 0 radical (unpaired) electrons. The van der Waals surface area contributed by atoms with Crippen LogP contribution >= 0.6 is 0 Å². The number of hydrogen-bond donors (Lipinski definition) is 0. The second-order valence-electron chi connectivity index (χ2n) is 12.0. The highest BCUT2D eigenvalue weighted by atomic mass is 14.5. The standard InChI is InChI=1S/C44H36B/c1-8-22-36(23-9-1)43(44(37-24-10-2-11-25-37,38-26-12-3-13-27-38)39-28-14-4-15-29-39)45(40-30-16-5-17-31-40,41-32-18-6-19-33-41)42-34-20-7-21-35-42/h1-35,43H/q-1. The fourth-order valence-electron chi connectivity index (χ4n) is 8.14. The van der Waals surface area contributed by atoms with Crippen LogP contribution in [0, 0.1) is 0 Å². The summed E-state index contributed by atoms with van der Waals surface area (Å²) in [7, 11) is 0. The topological polar surface area (TPSA) is 0 Å². The first-order chi connectivity index (χ1) is 22.4. The zero-order valence-electron chi connectivity index (χ0n) is 25.4.